The normalized spacial score (nSPS) is 11.0. The standard InChI is InChI=1S/C15H14N2O5S/c18-15(16-13-7-4-8-14(9-13)17(19)20)11-23(21,22)10-12-5-2-1-3-6-12/h1-9H,10-11H2,(H,16,18). The van der Waals surface area contributed by atoms with Crippen molar-refractivity contribution in [1.82, 2.24) is 0 Å². The molecule has 0 unspecified atom stereocenters. The number of anilines is 1. The summed E-state index contributed by atoms with van der Waals surface area (Å²) in [5, 5.41) is 13.0. The molecule has 1 N–H and O–H groups in total. The molecule has 120 valence electrons. The summed E-state index contributed by atoms with van der Waals surface area (Å²) in [4.78, 5) is 21.9. The maximum Gasteiger partial charge on any atom is 0.271 e. The fraction of sp³-hybridized carbons (Fsp3) is 0.133. The molecule has 0 saturated carbocycles. The molecule has 0 aliphatic rings. The van der Waals surface area contributed by atoms with E-state index in [1.54, 1.807) is 30.3 Å². The van der Waals surface area contributed by atoms with Crippen molar-refractivity contribution in [2.45, 2.75) is 5.75 Å². The largest absolute Gasteiger partial charge is 0.325 e. The van der Waals surface area contributed by atoms with Crippen LogP contribution in [0.4, 0.5) is 11.4 Å². The van der Waals surface area contributed by atoms with Crippen LogP contribution < -0.4 is 5.32 Å². The quantitative estimate of drug-likeness (QED) is 0.643. The molecule has 0 fully saturated rings. The van der Waals surface area contributed by atoms with E-state index >= 15 is 0 Å². The van der Waals surface area contributed by atoms with Gasteiger partial charge in [-0.2, -0.15) is 0 Å². The van der Waals surface area contributed by atoms with E-state index in [0.717, 1.165) is 0 Å². The van der Waals surface area contributed by atoms with Gasteiger partial charge in [0.25, 0.3) is 5.69 Å². The monoisotopic (exact) mass is 334 g/mol. The van der Waals surface area contributed by atoms with Gasteiger partial charge in [0.05, 0.1) is 10.7 Å². The third-order valence-electron chi connectivity index (χ3n) is 2.92. The van der Waals surface area contributed by atoms with Crippen LogP contribution in [0.5, 0.6) is 0 Å². The van der Waals surface area contributed by atoms with Crippen LogP contribution in [0, 0.1) is 10.1 Å². The van der Waals surface area contributed by atoms with Gasteiger partial charge in [-0.25, -0.2) is 8.42 Å². The third-order valence-corrected chi connectivity index (χ3v) is 4.40. The molecule has 0 radical (unpaired) electrons. The average Bonchev–Trinajstić information content (AvgIpc) is 2.47. The highest BCUT2D eigenvalue weighted by Crippen LogP contribution is 2.17. The van der Waals surface area contributed by atoms with Crippen molar-refractivity contribution in [3.8, 4) is 0 Å². The van der Waals surface area contributed by atoms with Gasteiger partial charge in [-0.3, -0.25) is 14.9 Å². The Morgan fingerprint density at radius 2 is 1.78 bits per heavy atom. The van der Waals surface area contributed by atoms with Crippen LogP contribution in [-0.4, -0.2) is 25.0 Å². The van der Waals surface area contributed by atoms with Gasteiger partial charge in [0, 0.05) is 17.8 Å². The van der Waals surface area contributed by atoms with Gasteiger partial charge >= 0.3 is 0 Å². The van der Waals surface area contributed by atoms with Gasteiger partial charge in [0.2, 0.25) is 5.91 Å². The second-order valence-corrected chi connectivity index (χ2v) is 6.94. The van der Waals surface area contributed by atoms with Crippen molar-refractivity contribution in [1.29, 1.82) is 0 Å². The highest BCUT2D eigenvalue weighted by molar-refractivity contribution is 7.91. The number of sulfone groups is 1. The second-order valence-electron chi connectivity index (χ2n) is 4.87. The lowest BCUT2D eigenvalue weighted by Crippen LogP contribution is -2.24. The summed E-state index contributed by atoms with van der Waals surface area (Å²) >= 11 is 0. The predicted molar refractivity (Wildman–Crippen MR) is 85.7 cm³/mol. The fourth-order valence-electron chi connectivity index (χ4n) is 1.97. The van der Waals surface area contributed by atoms with E-state index in [0.29, 0.717) is 5.56 Å². The molecular formula is C15H14N2O5S. The van der Waals surface area contributed by atoms with Gasteiger partial charge in [-0.05, 0) is 11.6 Å². The minimum Gasteiger partial charge on any atom is -0.325 e. The molecule has 23 heavy (non-hydrogen) atoms. The van der Waals surface area contributed by atoms with E-state index in [1.807, 2.05) is 0 Å². The molecule has 0 spiro atoms. The Morgan fingerprint density at radius 3 is 2.43 bits per heavy atom. The summed E-state index contributed by atoms with van der Waals surface area (Å²) in [5.41, 5.74) is 0.588. The molecule has 0 heterocycles. The smallest absolute Gasteiger partial charge is 0.271 e. The minimum atomic E-state index is -3.63. The first-order valence-corrected chi connectivity index (χ1v) is 8.46. The van der Waals surface area contributed by atoms with Crippen molar-refractivity contribution in [2.75, 3.05) is 11.1 Å². The number of non-ortho nitro benzene ring substituents is 1. The molecule has 0 bridgehead atoms. The highest BCUT2D eigenvalue weighted by atomic mass is 32.2. The van der Waals surface area contributed by atoms with Crippen LogP contribution in [0.15, 0.2) is 54.6 Å². The number of nitro groups is 1. The molecule has 1 amide bonds. The van der Waals surface area contributed by atoms with Crippen molar-refractivity contribution in [2.24, 2.45) is 0 Å². The molecule has 2 aromatic rings. The van der Waals surface area contributed by atoms with Crippen molar-refractivity contribution >= 4 is 27.1 Å². The van der Waals surface area contributed by atoms with Gasteiger partial charge in [0.15, 0.2) is 9.84 Å². The molecule has 2 rings (SSSR count). The van der Waals surface area contributed by atoms with Crippen LogP contribution in [0.2, 0.25) is 0 Å². The first kappa shape index (κ1) is 16.6. The van der Waals surface area contributed by atoms with Gasteiger partial charge in [-0.1, -0.05) is 36.4 Å². The number of nitro benzene ring substituents is 1. The minimum absolute atomic E-state index is 0.180. The van der Waals surface area contributed by atoms with Crippen LogP contribution >= 0.6 is 0 Å². The Hall–Kier alpha value is -2.74. The zero-order valence-corrected chi connectivity index (χ0v) is 12.8. The SMILES string of the molecule is O=C(CS(=O)(=O)Cc1ccccc1)Nc1cccc([N+](=O)[O-])c1. The molecule has 0 aliphatic carbocycles. The van der Waals surface area contributed by atoms with Crippen LogP contribution in [0.1, 0.15) is 5.56 Å². The predicted octanol–water partition coefficient (Wildman–Crippen LogP) is 2.15. The number of hydrogen-bond acceptors (Lipinski definition) is 5. The zero-order chi connectivity index (χ0) is 16.9. The number of nitrogens with one attached hydrogen (secondary N) is 1. The summed E-state index contributed by atoms with van der Waals surface area (Å²) in [6, 6.07) is 13.8. The summed E-state index contributed by atoms with van der Waals surface area (Å²) in [7, 11) is -3.63. The van der Waals surface area contributed by atoms with E-state index in [4.69, 9.17) is 0 Å². The van der Waals surface area contributed by atoms with E-state index in [2.05, 4.69) is 5.32 Å². The molecule has 0 atom stereocenters. The van der Waals surface area contributed by atoms with Gasteiger partial charge in [-0.15, -0.1) is 0 Å². The molecule has 8 heteroatoms. The lowest BCUT2D eigenvalue weighted by molar-refractivity contribution is -0.384. The Kier molecular flexibility index (Phi) is 5.07. The first-order valence-electron chi connectivity index (χ1n) is 6.64. The Balaban J connectivity index is 2.01. The maximum absolute atomic E-state index is 12.0. The molecular weight excluding hydrogens is 320 g/mol. The highest BCUT2D eigenvalue weighted by Gasteiger charge is 2.18. The van der Waals surface area contributed by atoms with Crippen molar-refractivity contribution < 1.29 is 18.1 Å². The summed E-state index contributed by atoms with van der Waals surface area (Å²) < 4.78 is 24.0. The fourth-order valence-corrected chi connectivity index (χ4v) is 3.25. The molecule has 7 nitrogen and oxygen atoms in total. The van der Waals surface area contributed by atoms with Gasteiger partial charge < -0.3 is 5.32 Å². The number of hydrogen-bond donors (Lipinski definition) is 1. The van der Waals surface area contributed by atoms with E-state index in [-0.39, 0.29) is 17.1 Å². The number of amides is 1. The molecule has 0 aliphatic heterocycles. The van der Waals surface area contributed by atoms with Crippen molar-refractivity contribution in [3.05, 3.63) is 70.3 Å². The Labute approximate surface area is 133 Å². The van der Waals surface area contributed by atoms with Crippen LogP contribution in [0.3, 0.4) is 0 Å². The Bertz CT molecular complexity index is 819. The second kappa shape index (κ2) is 7.01. The average molecular weight is 334 g/mol. The lowest BCUT2D eigenvalue weighted by atomic mass is 10.2. The topological polar surface area (TPSA) is 106 Å². The molecule has 2 aromatic carbocycles. The molecule has 0 aromatic heterocycles. The summed E-state index contributed by atoms with van der Waals surface area (Å²) in [6.45, 7) is 0. The number of nitrogens with zero attached hydrogens (tertiary/aromatic N) is 1. The van der Waals surface area contributed by atoms with Crippen LogP contribution in [-0.2, 0) is 20.4 Å². The van der Waals surface area contributed by atoms with Gasteiger partial charge in [0.1, 0.15) is 5.75 Å². The number of carbonyl (C=O) groups excluding carboxylic acids is 1. The Morgan fingerprint density at radius 1 is 1.09 bits per heavy atom. The van der Waals surface area contributed by atoms with Crippen molar-refractivity contribution in [3.63, 3.8) is 0 Å². The third kappa shape index (κ3) is 5.19. The zero-order valence-electron chi connectivity index (χ0n) is 12.0. The van der Waals surface area contributed by atoms with E-state index in [1.165, 1.54) is 24.3 Å². The molecule has 0 saturated heterocycles. The van der Waals surface area contributed by atoms with E-state index < -0.39 is 26.4 Å². The number of benzene rings is 2. The number of carbonyl (C=O) groups is 1. The van der Waals surface area contributed by atoms with E-state index in [9.17, 15) is 23.3 Å². The maximum atomic E-state index is 12.0. The lowest BCUT2D eigenvalue weighted by Gasteiger charge is -2.06. The summed E-state index contributed by atoms with van der Waals surface area (Å²) in [5.74, 6) is -1.66. The van der Waals surface area contributed by atoms with Crippen LogP contribution in [0.25, 0.3) is 0 Å². The first-order chi connectivity index (χ1) is 10.9. The summed E-state index contributed by atoms with van der Waals surface area (Å²) in [6.07, 6.45) is 0. The number of rotatable bonds is 6.